The van der Waals surface area contributed by atoms with E-state index >= 15 is 0 Å². The van der Waals surface area contributed by atoms with Gasteiger partial charge in [0.25, 0.3) is 0 Å². The summed E-state index contributed by atoms with van der Waals surface area (Å²) in [6.07, 6.45) is -0.723. The maximum absolute atomic E-state index is 13.1. The average molecular weight is 779 g/mol. The Morgan fingerprint density at radius 3 is 1.62 bits per heavy atom. The van der Waals surface area contributed by atoms with Crippen LogP contribution in [0.3, 0.4) is 0 Å². The van der Waals surface area contributed by atoms with E-state index in [0.717, 1.165) is 5.56 Å². The van der Waals surface area contributed by atoms with Crippen molar-refractivity contribution in [3.8, 4) is 0 Å². The molecule has 296 valence electrons. The number of carbonyl (C=O) groups is 4. The fraction of sp³-hybridized carbons (Fsp3) is 0.744. The smallest absolute Gasteiger partial charge is 0.304 e. The fourth-order valence-electron chi connectivity index (χ4n) is 5.34. The highest BCUT2D eigenvalue weighted by molar-refractivity contribution is 6.75. The van der Waals surface area contributed by atoms with E-state index in [1.54, 1.807) is 0 Å². The summed E-state index contributed by atoms with van der Waals surface area (Å²) < 4.78 is 24.0. The van der Waals surface area contributed by atoms with Crippen molar-refractivity contribution in [2.24, 2.45) is 11.8 Å². The van der Waals surface area contributed by atoms with Gasteiger partial charge in [0.05, 0.1) is 30.8 Å². The van der Waals surface area contributed by atoms with Crippen LogP contribution in [0.2, 0.25) is 54.4 Å². The minimum atomic E-state index is -2.00. The maximum Gasteiger partial charge on any atom is 0.304 e. The monoisotopic (exact) mass is 778 g/mol. The molecule has 2 saturated heterocycles. The Morgan fingerprint density at radius 2 is 1.19 bits per heavy atom. The molecule has 0 spiro atoms. The zero-order chi connectivity index (χ0) is 40.4. The van der Waals surface area contributed by atoms with Crippen LogP contribution in [-0.2, 0) is 39.0 Å². The van der Waals surface area contributed by atoms with Gasteiger partial charge in [0.1, 0.15) is 5.92 Å². The Bertz CT molecular complexity index is 1440. The number of carbonyl (C=O) groups excluding carboxylic acids is 4. The van der Waals surface area contributed by atoms with E-state index in [0.29, 0.717) is 12.2 Å². The number of ketones is 1. The molecule has 10 nitrogen and oxygen atoms in total. The van der Waals surface area contributed by atoms with Gasteiger partial charge >= 0.3 is 5.97 Å². The summed E-state index contributed by atoms with van der Waals surface area (Å²) in [5.41, 5.74) is 1.68. The molecule has 1 aromatic carbocycles. The van der Waals surface area contributed by atoms with Crippen molar-refractivity contribution in [2.45, 2.75) is 175 Å². The van der Waals surface area contributed by atoms with Crippen LogP contribution < -0.4 is 10.6 Å². The molecule has 0 unspecified atom stereocenters. The maximum atomic E-state index is 13.1. The van der Waals surface area contributed by atoms with Gasteiger partial charge in [0.2, 0.25) is 11.8 Å². The van der Waals surface area contributed by atoms with E-state index in [9.17, 15) is 19.2 Å². The third kappa shape index (κ3) is 11.7. The van der Waals surface area contributed by atoms with E-state index in [4.69, 9.17) is 18.0 Å². The summed E-state index contributed by atoms with van der Waals surface area (Å²) in [7, 11) is -5.79. The van der Waals surface area contributed by atoms with Crippen molar-refractivity contribution >= 4 is 48.5 Å². The molecule has 0 aromatic heterocycles. The van der Waals surface area contributed by atoms with Gasteiger partial charge in [-0.1, -0.05) is 80.5 Å². The first kappa shape index (κ1) is 46.0. The third-order valence-corrected chi connectivity index (χ3v) is 25.5. The van der Waals surface area contributed by atoms with Crippen molar-refractivity contribution in [2.75, 3.05) is 0 Å². The molecule has 0 bridgehead atoms. The van der Waals surface area contributed by atoms with Gasteiger partial charge in [-0.25, -0.2) is 0 Å². The van der Waals surface area contributed by atoms with Crippen LogP contribution >= 0.6 is 0 Å². The Morgan fingerprint density at radius 1 is 0.731 bits per heavy atom. The summed E-state index contributed by atoms with van der Waals surface area (Å²) in [5, 5.41) is 5.81. The number of rotatable bonds is 13. The number of β-lactam (4-membered cyclic amide) rings is 2. The molecule has 0 saturated carbocycles. The molecule has 3 rings (SSSR count). The molecule has 13 heteroatoms. The second-order valence-corrected chi connectivity index (χ2v) is 33.6. The van der Waals surface area contributed by atoms with Crippen molar-refractivity contribution in [3.63, 3.8) is 0 Å². The number of nitrogens with one attached hydrogen (secondary N) is 2. The van der Waals surface area contributed by atoms with Crippen LogP contribution in [0.5, 0.6) is 0 Å². The van der Waals surface area contributed by atoms with Gasteiger partial charge in [0.15, 0.2) is 37.0 Å². The molecular weight excluding hydrogens is 709 g/mol. The van der Waals surface area contributed by atoms with Crippen LogP contribution in [0.4, 0.5) is 0 Å². The second-order valence-electron chi connectivity index (χ2n) is 19.2. The summed E-state index contributed by atoms with van der Waals surface area (Å²) >= 11 is 0. The SMILES string of the molecule is CC(=O)O[C@H]1NC(=O)[C@@H]1[C@@H](C)O[Si](C)(C)C(C)(C)C.C[C@@H](O[Si](C)(C)C(C)(C)C)[C@H]1C(=O)N[C@@H]1CC(=O)c1cccc(CO[Si](C)(C)C(C)(C)C)c1. The Kier molecular flexibility index (Phi) is 14.8. The highest BCUT2D eigenvalue weighted by atomic mass is 28.4. The second kappa shape index (κ2) is 16.7. The molecule has 6 atom stereocenters. The standard InChI is InChI=1S/C26H45NO4Si2.C13H25NO4Si/c1-18(31-33(10,11)26(5,6)7)23-21(27-24(23)29)16-22(28)20-14-12-13-19(15-20)17-30-32(8,9)25(2,3)4;1-8(18-19(6,7)13(3,4)5)10-11(16)14-12(10)17-9(2)15/h12-15,18,21,23H,16-17H2,1-11H3,(H,27,29);8,10,12H,1-7H3,(H,14,16)/t18-,21-,23-;8-,10+,12-/m11/s1. The molecule has 1 aromatic rings. The lowest BCUT2D eigenvalue weighted by Crippen LogP contribution is -2.65. The zero-order valence-corrected chi connectivity index (χ0v) is 38.5. The number of hydrogen-bond acceptors (Lipinski definition) is 8. The number of amides is 2. The lowest BCUT2D eigenvalue weighted by atomic mass is 9.82. The van der Waals surface area contributed by atoms with Crippen molar-refractivity contribution < 1.29 is 37.2 Å². The minimum Gasteiger partial charge on any atom is -0.441 e. The van der Waals surface area contributed by atoms with Gasteiger partial charge < -0.3 is 28.6 Å². The number of benzene rings is 1. The normalized spacial score (nSPS) is 22.4. The molecule has 2 aliphatic heterocycles. The van der Waals surface area contributed by atoms with E-state index < -0.39 is 43.1 Å². The summed E-state index contributed by atoms with van der Waals surface area (Å²) in [6.45, 7) is 38.5. The fourth-order valence-corrected chi connectivity index (χ4v) is 9.16. The van der Waals surface area contributed by atoms with E-state index in [1.165, 1.54) is 6.92 Å². The molecule has 52 heavy (non-hydrogen) atoms. The van der Waals surface area contributed by atoms with Crippen molar-refractivity contribution in [1.82, 2.24) is 10.6 Å². The van der Waals surface area contributed by atoms with Gasteiger partial charge in [-0.3, -0.25) is 19.2 Å². The van der Waals surface area contributed by atoms with Gasteiger partial charge in [-0.2, -0.15) is 0 Å². The predicted molar refractivity (Wildman–Crippen MR) is 215 cm³/mol. The Hall–Kier alpha value is -2.17. The van der Waals surface area contributed by atoms with Gasteiger partial charge in [-0.15, -0.1) is 0 Å². The third-order valence-electron chi connectivity index (χ3n) is 11.9. The predicted octanol–water partition coefficient (Wildman–Crippen LogP) is 8.34. The Labute approximate surface area is 317 Å². The van der Waals surface area contributed by atoms with E-state index in [2.05, 4.69) is 112 Å². The molecule has 2 heterocycles. The topological polar surface area (TPSA) is 129 Å². The van der Waals surface area contributed by atoms with Crippen LogP contribution in [0.1, 0.15) is 105 Å². The highest BCUT2D eigenvalue weighted by Crippen LogP contribution is 2.41. The Balaban J connectivity index is 0.000000418. The van der Waals surface area contributed by atoms with Crippen LogP contribution in [-0.4, -0.2) is 73.0 Å². The average Bonchev–Trinajstić information content (AvgIpc) is 2.93. The van der Waals surface area contributed by atoms with Crippen LogP contribution in [0, 0.1) is 11.8 Å². The summed E-state index contributed by atoms with van der Waals surface area (Å²) in [6, 6.07) is 7.52. The zero-order valence-electron chi connectivity index (χ0n) is 35.5. The molecule has 2 aliphatic rings. The quantitative estimate of drug-likeness (QED) is 0.0886. The van der Waals surface area contributed by atoms with Crippen LogP contribution in [0.15, 0.2) is 24.3 Å². The lowest BCUT2D eigenvalue weighted by molar-refractivity contribution is -0.173. The number of esters is 1. The molecule has 0 radical (unpaired) electrons. The van der Waals surface area contributed by atoms with Crippen molar-refractivity contribution in [1.29, 1.82) is 0 Å². The molecular formula is C39H70N2O8Si3. The highest BCUT2D eigenvalue weighted by Gasteiger charge is 2.50. The van der Waals surface area contributed by atoms with E-state index in [-0.39, 0.29) is 63.3 Å². The first-order chi connectivity index (χ1) is 23.3. The number of Topliss-reactive ketones (excluding diaryl/α,β-unsaturated/α-hetero) is 1. The molecule has 2 amide bonds. The molecule has 2 N–H and O–H groups in total. The number of ether oxygens (including phenoxy) is 1. The first-order valence-electron chi connectivity index (χ1n) is 18.7. The molecule has 0 aliphatic carbocycles. The summed E-state index contributed by atoms with van der Waals surface area (Å²) in [4.78, 5) is 48.0. The van der Waals surface area contributed by atoms with Crippen molar-refractivity contribution in [3.05, 3.63) is 35.4 Å². The van der Waals surface area contributed by atoms with Crippen LogP contribution in [0.25, 0.3) is 0 Å². The molecule has 2 fully saturated rings. The first-order valence-corrected chi connectivity index (χ1v) is 27.4. The minimum absolute atomic E-state index is 0.0180. The van der Waals surface area contributed by atoms with E-state index in [1.807, 2.05) is 38.1 Å². The van der Waals surface area contributed by atoms with Gasteiger partial charge in [-0.05, 0) is 79.9 Å². The van der Waals surface area contributed by atoms with Gasteiger partial charge in [0, 0.05) is 18.9 Å². The largest absolute Gasteiger partial charge is 0.441 e. The number of hydrogen-bond donors (Lipinski definition) is 2. The summed E-state index contributed by atoms with van der Waals surface area (Å²) in [5.74, 6) is -1.17. The lowest BCUT2D eigenvalue weighted by Gasteiger charge is -2.45.